The number of thioether (sulfide) groups is 1. The first-order valence-corrected chi connectivity index (χ1v) is 12.7. The van der Waals surface area contributed by atoms with Gasteiger partial charge >= 0.3 is 0 Å². The highest BCUT2D eigenvalue weighted by atomic mass is 32.2. The molecule has 4 N–H and O–H groups in total. The van der Waals surface area contributed by atoms with E-state index in [-0.39, 0.29) is 29.7 Å². The lowest BCUT2D eigenvalue weighted by Gasteiger charge is -2.33. The summed E-state index contributed by atoms with van der Waals surface area (Å²) in [5, 5.41) is 7.28. The van der Waals surface area contributed by atoms with Gasteiger partial charge in [0.15, 0.2) is 0 Å². The first kappa shape index (κ1) is 23.8. The van der Waals surface area contributed by atoms with Crippen LogP contribution in [0.25, 0.3) is 10.9 Å². The maximum atomic E-state index is 12.6. The number of pyridine rings is 2. The number of nitrogens with two attached hydrogens (primary N) is 1. The zero-order valence-electron chi connectivity index (χ0n) is 19.5. The Labute approximate surface area is 207 Å². The van der Waals surface area contributed by atoms with Crippen molar-refractivity contribution < 1.29 is 14.3 Å². The minimum absolute atomic E-state index is 0.0203. The second kappa shape index (κ2) is 10.4. The molecule has 2 aromatic heterocycles. The van der Waals surface area contributed by atoms with Crippen LogP contribution in [-0.2, 0) is 22.6 Å². The van der Waals surface area contributed by atoms with Crippen molar-refractivity contribution in [3.05, 3.63) is 58.5 Å². The normalized spacial score (nSPS) is 20.8. The summed E-state index contributed by atoms with van der Waals surface area (Å²) >= 11 is 1.50. The Morgan fingerprint density at radius 2 is 2.11 bits per heavy atom. The SMILES string of the molecule is COc1ccc2ccc(=O)n(C[C@H](N)[C@@H]3CC[C@@H](NCc4ccc5c(n4)NC(=O)CS5)CO3)c2c1. The summed E-state index contributed by atoms with van der Waals surface area (Å²) in [6, 6.07) is 12.9. The van der Waals surface area contributed by atoms with Gasteiger partial charge in [0.1, 0.15) is 11.6 Å². The number of carbonyl (C=O) groups excluding carboxylic acids is 1. The molecule has 2 aliphatic heterocycles. The van der Waals surface area contributed by atoms with E-state index in [0.717, 1.165) is 34.3 Å². The highest BCUT2D eigenvalue weighted by Gasteiger charge is 2.27. The summed E-state index contributed by atoms with van der Waals surface area (Å²) < 4.78 is 13.1. The smallest absolute Gasteiger partial charge is 0.251 e. The van der Waals surface area contributed by atoms with Crippen LogP contribution in [0, 0.1) is 0 Å². The Morgan fingerprint density at radius 1 is 1.26 bits per heavy atom. The lowest BCUT2D eigenvalue weighted by atomic mass is 9.99. The standard InChI is InChI=1S/C25H29N5O4S/c1-33-18-6-2-15-3-9-24(32)30(20(15)10-18)12-19(26)21-7-4-17(13-34-21)27-11-16-5-8-22-25(28-16)29-23(31)14-35-22/h2-3,5-6,8-10,17,19,21,27H,4,7,11-14,26H2,1H3,(H,28,29,31)/t17-,19+,21+/m1/s1. The van der Waals surface area contributed by atoms with Crippen LogP contribution >= 0.6 is 11.8 Å². The number of methoxy groups -OCH3 is 1. The van der Waals surface area contributed by atoms with E-state index in [9.17, 15) is 9.59 Å². The van der Waals surface area contributed by atoms with Gasteiger partial charge in [0.2, 0.25) is 5.91 Å². The summed E-state index contributed by atoms with van der Waals surface area (Å²) in [5.41, 5.74) is 8.09. The number of anilines is 1. The molecule has 2 aliphatic rings. The molecule has 0 bridgehead atoms. The molecule has 1 saturated heterocycles. The highest BCUT2D eigenvalue weighted by Crippen LogP contribution is 2.29. The average molecular weight is 496 g/mol. The third-order valence-electron chi connectivity index (χ3n) is 6.49. The fourth-order valence-corrected chi connectivity index (χ4v) is 5.29. The second-order valence-corrected chi connectivity index (χ2v) is 9.90. The van der Waals surface area contributed by atoms with Gasteiger partial charge in [-0.25, -0.2) is 4.98 Å². The van der Waals surface area contributed by atoms with Gasteiger partial charge in [0.25, 0.3) is 5.56 Å². The Hall–Kier alpha value is -2.92. The predicted molar refractivity (Wildman–Crippen MR) is 136 cm³/mol. The van der Waals surface area contributed by atoms with Gasteiger partial charge < -0.3 is 30.4 Å². The predicted octanol–water partition coefficient (Wildman–Crippen LogP) is 2.11. The van der Waals surface area contributed by atoms with E-state index < -0.39 is 0 Å². The minimum Gasteiger partial charge on any atom is -0.497 e. The average Bonchev–Trinajstić information content (AvgIpc) is 2.88. The summed E-state index contributed by atoms with van der Waals surface area (Å²) in [4.78, 5) is 29.8. The number of fused-ring (bicyclic) bond motifs is 2. The summed E-state index contributed by atoms with van der Waals surface area (Å²) in [5.74, 6) is 1.74. The van der Waals surface area contributed by atoms with Crippen LogP contribution in [0.2, 0.25) is 0 Å². The maximum Gasteiger partial charge on any atom is 0.251 e. The molecule has 3 atom stereocenters. The number of rotatable bonds is 7. The summed E-state index contributed by atoms with van der Waals surface area (Å²) in [6.45, 7) is 1.49. The van der Waals surface area contributed by atoms with Crippen LogP contribution in [0.3, 0.4) is 0 Å². The van der Waals surface area contributed by atoms with Crippen molar-refractivity contribution in [3.63, 3.8) is 0 Å². The molecule has 184 valence electrons. The topological polar surface area (TPSA) is 121 Å². The number of nitrogens with zero attached hydrogens (tertiary/aromatic N) is 2. The number of carbonyl (C=O) groups is 1. The first-order chi connectivity index (χ1) is 17.0. The molecule has 1 amide bonds. The third-order valence-corrected chi connectivity index (χ3v) is 7.53. The Kier molecular flexibility index (Phi) is 7.05. The highest BCUT2D eigenvalue weighted by molar-refractivity contribution is 8.00. The van der Waals surface area contributed by atoms with Crippen molar-refractivity contribution in [2.45, 2.75) is 49.0 Å². The van der Waals surface area contributed by atoms with Crippen molar-refractivity contribution >= 4 is 34.4 Å². The maximum absolute atomic E-state index is 12.6. The van der Waals surface area contributed by atoms with Gasteiger partial charge in [0.05, 0.1) is 41.7 Å². The molecular formula is C25H29N5O4S. The van der Waals surface area contributed by atoms with Gasteiger partial charge in [-0.2, -0.15) is 0 Å². The van der Waals surface area contributed by atoms with Gasteiger partial charge in [-0.1, -0.05) is 0 Å². The number of hydrogen-bond donors (Lipinski definition) is 3. The number of amides is 1. The van der Waals surface area contributed by atoms with Gasteiger partial charge in [0, 0.05) is 37.3 Å². The summed E-state index contributed by atoms with van der Waals surface area (Å²) in [7, 11) is 1.61. The second-order valence-electron chi connectivity index (χ2n) is 8.88. The third kappa shape index (κ3) is 5.35. The number of nitrogens with one attached hydrogen (secondary N) is 2. The van der Waals surface area contributed by atoms with E-state index in [4.69, 9.17) is 15.2 Å². The lowest BCUT2D eigenvalue weighted by Crippen LogP contribution is -2.48. The summed E-state index contributed by atoms with van der Waals surface area (Å²) in [6.07, 6.45) is 1.58. The lowest BCUT2D eigenvalue weighted by molar-refractivity contribution is -0.113. The zero-order chi connectivity index (χ0) is 24.4. The molecule has 0 unspecified atom stereocenters. The number of hydrogen-bond acceptors (Lipinski definition) is 8. The largest absolute Gasteiger partial charge is 0.497 e. The fourth-order valence-electron chi connectivity index (χ4n) is 4.53. The molecule has 4 heterocycles. The van der Waals surface area contributed by atoms with Gasteiger partial charge in [-0.05, 0) is 48.6 Å². The van der Waals surface area contributed by atoms with Gasteiger partial charge in [-0.15, -0.1) is 11.8 Å². The Bertz CT molecular complexity index is 1290. The quantitative estimate of drug-likeness (QED) is 0.456. The first-order valence-electron chi connectivity index (χ1n) is 11.7. The molecule has 0 radical (unpaired) electrons. The van der Waals surface area contributed by atoms with E-state index >= 15 is 0 Å². The monoisotopic (exact) mass is 495 g/mol. The molecule has 35 heavy (non-hydrogen) atoms. The number of aromatic nitrogens is 2. The van der Waals surface area contributed by atoms with Crippen LogP contribution in [-0.4, -0.2) is 53.1 Å². The van der Waals surface area contributed by atoms with Crippen molar-refractivity contribution in [1.29, 1.82) is 0 Å². The van der Waals surface area contributed by atoms with Crippen molar-refractivity contribution in [1.82, 2.24) is 14.9 Å². The van der Waals surface area contributed by atoms with E-state index in [2.05, 4.69) is 15.6 Å². The molecule has 0 spiro atoms. The van der Waals surface area contributed by atoms with Gasteiger partial charge in [-0.3, -0.25) is 9.59 Å². The molecule has 9 nitrogen and oxygen atoms in total. The molecule has 0 aliphatic carbocycles. The molecule has 1 fully saturated rings. The van der Waals surface area contributed by atoms with Crippen molar-refractivity contribution in [2.24, 2.45) is 5.73 Å². The molecule has 10 heteroatoms. The molecule has 3 aromatic rings. The number of benzene rings is 1. The van der Waals surface area contributed by atoms with Crippen molar-refractivity contribution in [2.75, 3.05) is 24.8 Å². The van der Waals surface area contributed by atoms with Crippen LogP contribution in [0.15, 0.2) is 52.2 Å². The van der Waals surface area contributed by atoms with Crippen LogP contribution in [0.1, 0.15) is 18.5 Å². The van der Waals surface area contributed by atoms with E-state index in [1.54, 1.807) is 17.7 Å². The zero-order valence-corrected chi connectivity index (χ0v) is 20.3. The fraction of sp³-hybridized carbons (Fsp3) is 0.400. The van der Waals surface area contributed by atoms with Crippen LogP contribution < -0.4 is 26.7 Å². The number of ether oxygens (including phenoxy) is 2. The molecular weight excluding hydrogens is 466 g/mol. The molecule has 1 aromatic carbocycles. The Balaban J connectivity index is 1.17. The van der Waals surface area contributed by atoms with E-state index in [0.29, 0.717) is 37.0 Å². The van der Waals surface area contributed by atoms with Crippen LogP contribution in [0.4, 0.5) is 5.82 Å². The van der Waals surface area contributed by atoms with E-state index in [1.807, 2.05) is 36.4 Å². The molecule has 5 rings (SSSR count). The molecule has 0 saturated carbocycles. The van der Waals surface area contributed by atoms with Crippen molar-refractivity contribution in [3.8, 4) is 5.75 Å². The van der Waals surface area contributed by atoms with E-state index in [1.165, 1.54) is 11.8 Å². The Morgan fingerprint density at radius 3 is 2.91 bits per heavy atom. The minimum atomic E-state index is -0.311. The van der Waals surface area contributed by atoms with Crippen LogP contribution in [0.5, 0.6) is 5.75 Å².